The molecule has 0 unspecified atom stereocenters. The fraction of sp³-hybridized carbons (Fsp3) is 0.588. The van der Waals surface area contributed by atoms with Gasteiger partial charge in [-0.2, -0.15) is 0 Å². The molecule has 3 nitrogen and oxygen atoms in total. The summed E-state index contributed by atoms with van der Waals surface area (Å²) in [5, 5.41) is 3.51. The molecule has 1 saturated carbocycles. The quantitative estimate of drug-likeness (QED) is 0.926. The maximum atomic E-state index is 13.6. The predicted octanol–water partition coefficient (Wildman–Crippen LogP) is 2.92. The average molecular weight is 289 g/mol. The van der Waals surface area contributed by atoms with Gasteiger partial charge in [-0.15, -0.1) is 0 Å². The van der Waals surface area contributed by atoms with E-state index >= 15 is 0 Å². The molecule has 1 heterocycles. The van der Waals surface area contributed by atoms with E-state index in [9.17, 15) is 4.39 Å². The Morgan fingerprint density at radius 3 is 2.76 bits per heavy atom. The van der Waals surface area contributed by atoms with Gasteiger partial charge in [-0.05, 0) is 30.5 Å². The van der Waals surface area contributed by atoms with E-state index < -0.39 is 0 Å². The smallest absolute Gasteiger partial charge is 0.193 e. The molecule has 0 amide bonds. The minimum Gasteiger partial charge on any atom is -0.355 e. The number of nitrogens with zero attached hydrogens (tertiary/aromatic N) is 2. The van der Waals surface area contributed by atoms with Gasteiger partial charge >= 0.3 is 0 Å². The Kier molecular flexibility index (Phi) is 4.13. The molecule has 0 aromatic heterocycles. The van der Waals surface area contributed by atoms with E-state index in [2.05, 4.69) is 28.3 Å². The first-order chi connectivity index (χ1) is 10.2. The van der Waals surface area contributed by atoms with Crippen molar-refractivity contribution in [3.63, 3.8) is 0 Å². The monoisotopic (exact) mass is 289 g/mol. The van der Waals surface area contributed by atoms with E-state index in [1.165, 1.54) is 25.3 Å². The van der Waals surface area contributed by atoms with Gasteiger partial charge < -0.3 is 10.2 Å². The lowest BCUT2D eigenvalue weighted by molar-refractivity contribution is 0.288. The number of likely N-dealkylation sites (N-methyl/N-ethyl adjacent to an activating group) is 1. The summed E-state index contributed by atoms with van der Waals surface area (Å²) in [5.41, 5.74) is 1.18. The number of rotatable bonds is 3. The third-order valence-electron chi connectivity index (χ3n) is 4.89. The van der Waals surface area contributed by atoms with Crippen molar-refractivity contribution in [2.24, 2.45) is 4.99 Å². The highest BCUT2D eigenvalue weighted by atomic mass is 19.1. The molecule has 0 bridgehead atoms. The van der Waals surface area contributed by atoms with E-state index in [1.807, 2.05) is 6.07 Å². The highest BCUT2D eigenvalue weighted by Gasteiger charge is 2.34. The van der Waals surface area contributed by atoms with Crippen LogP contribution in [0.3, 0.4) is 0 Å². The van der Waals surface area contributed by atoms with Crippen LogP contribution in [0.15, 0.2) is 29.3 Å². The lowest BCUT2D eigenvalue weighted by Crippen LogP contribution is -2.45. The van der Waals surface area contributed by atoms with Crippen LogP contribution in [0.1, 0.15) is 37.7 Å². The van der Waals surface area contributed by atoms with Crippen LogP contribution < -0.4 is 5.32 Å². The van der Waals surface area contributed by atoms with Crippen molar-refractivity contribution in [2.45, 2.75) is 37.5 Å². The van der Waals surface area contributed by atoms with Crippen LogP contribution in [0.2, 0.25) is 0 Å². The predicted molar refractivity (Wildman–Crippen MR) is 84.1 cm³/mol. The normalized spacial score (nSPS) is 21.2. The summed E-state index contributed by atoms with van der Waals surface area (Å²) in [6, 6.07) is 7.16. The second-order valence-electron chi connectivity index (χ2n) is 6.33. The first-order valence-corrected chi connectivity index (χ1v) is 7.95. The summed E-state index contributed by atoms with van der Waals surface area (Å²) in [4.78, 5) is 6.66. The van der Waals surface area contributed by atoms with Crippen molar-refractivity contribution in [1.29, 1.82) is 0 Å². The van der Waals surface area contributed by atoms with E-state index in [-0.39, 0.29) is 11.2 Å². The SMILES string of the molecule is CN1CCN=C1NCC1(c2cccc(F)c2)CCCCC1. The zero-order chi connectivity index (χ0) is 14.7. The summed E-state index contributed by atoms with van der Waals surface area (Å²) in [7, 11) is 2.06. The molecule has 114 valence electrons. The van der Waals surface area contributed by atoms with Gasteiger partial charge in [0, 0.05) is 25.6 Å². The fourth-order valence-electron chi connectivity index (χ4n) is 3.59. The molecule has 1 aromatic rings. The molecular weight excluding hydrogens is 265 g/mol. The van der Waals surface area contributed by atoms with Gasteiger partial charge in [0.05, 0.1) is 6.54 Å². The zero-order valence-corrected chi connectivity index (χ0v) is 12.7. The van der Waals surface area contributed by atoms with Crippen LogP contribution in [0, 0.1) is 5.82 Å². The van der Waals surface area contributed by atoms with Gasteiger partial charge in [-0.25, -0.2) is 4.39 Å². The molecule has 1 aliphatic carbocycles. The molecule has 0 radical (unpaired) electrons. The van der Waals surface area contributed by atoms with Crippen molar-refractivity contribution in [1.82, 2.24) is 10.2 Å². The first-order valence-electron chi connectivity index (χ1n) is 7.95. The maximum absolute atomic E-state index is 13.6. The molecule has 0 spiro atoms. The lowest BCUT2D eigenvalue weighted by atomic mass is 9.69. The first kappa shape index (κ1) is 14.4. The molecule has 0 atom stereocenters. The lowest BCUT2D eigenvalue weighted by Gasteiger charge is -2.38. The number of guanidine groups is 1. The Bertz CT molecular complexity index is 521. The van der Waals surface area contributed by atoms with E-state index in [0.717, 1.165) is 44.0 Å². The Balaban J connectivity index is 1.80. The van der Waals surface area contributed by atoms with Gasteiger partial charge in [-0.1, -0.05) is 31.4 Å². The molecule has 1 fully saturated rings. The van der Waals surface area contributed by atoms with Gasteiger partial charge in [0.2, 0.25) is 0 Å². The zero-order valence-electron chi connectivity index (χ0n) is 12.7. The molecule has 0 saturated heterocycles. The number of aliphatic imine (C=N–C) groups is 1. The van der Waals surface area contributed by atoms with Crippen molar-refractivity contribution in [3.05, 3.63) is 35.6 Å². The minimum absolute atomic E-state index is 0.0479. The van der Waals surface area contributed by atoms with Gasteiger partial charge in [0.25, 0.3) is 0 Å². The second-order valence-corrected chi connectivity index (χ2v) is 6.33. The molecule has 21 heavy (non-hydrogen) atoms. The Labute approximate surface area is 126 Å². The third-order valence-corrected chi connectivity index (χ3v) is 4.89. The Morgan fingerprint density at radius 1 is 1.29 bits per heavy atom. The van der Waals surface area contributed by atoms with Crippen LogP contribution in [0.5, 0.6) is 0 Å². The van der Waals surface area contributed by atoms with Crippen molar-refractivity contribution < 1.29 is 4.39 Å². The van der Waals surface area contributed by atoms with Crippen molar-refractivity contribution in [2.75, 3.05) is 26.7 Å². The number of nitrogens with one attached hydrogen (secondary N) is 1. The minimum atomic E-state index is -0.132. The van der Waals surface area contributed by atoms with Crippen molar-refractivity contribution in [3.8, 4) is 0 Å². The molecule has 3 rings (SSSR count). The summed E-state index contributed by atoms with van der Waals surface area (Å²) in [6.45, 7) is 2.70. The number of hydrogen-bond donors (Lipinski definition) is 1. The second kappa shape index (κ2) is 6.04. The molecule has 1 N–H and O–H groups in total. The Morgan fingerprint density at radius 2 is 2.10 bits per heavy atom. The highest BCUT2D eigenvalue weighted by molar-refractivity contribution is 5.81. The molecular formula is C17H24FN3. The number of hydrogen-bond acceptors (Lipinski definition) is 3. The third kappa shape index (κ3) is 3.04. The van der Waals surface area contributed by atoms with Gasteiger partial charge in [0.15, 0.2) is 5.96 Å². The number of halogens is 1. The van der Waals surface area contributed by atoms with Gasteiger partial charge in [-0.3, -0.25) is 4.99 Å². The molecule has 1 aromatic carbocycles. The molecule has 1 aliphatic heterocycles. The van der Waals surface area contributed by atoms with E-state index in [0.29, 0.717) is 0 Å². The number of benzene rings is 1. The van der Waals surface area contributed by atoms with Crippen LogP contribution >= 0.6 is 0 Å². The van der Waals surface area contributed by atoms with E-state index in [1.54, 1.807) is 6.07 Å². The van der Waals surface area contributed by atoms with Crippen LogP contribution in [0.4, 0.5) is 4.39 Å². The summed E-state index contributed by atoms with van der Waals surface area (Å²) < 4.78 is 13.6. The summed E-state index contributed by atoms with van der Waals surface area (Å²) in [5.74, 6) is 0.851. The standard InChI is InChI=1S/C17H24FN3/c1-21-11-10-19-16(21)20-13-17(8-3-2-4-9-17)14-6-5-7-15(18)12-14/h5-7,12H,2-4,8-11,13H2,1H3,(H,19,20). The van der Waals surface area contributed by atoms with Gasteiger partial charge in [0.1, 0.15) is 5.82 Å². The van der Waals surface area contributed by atoms with Crippen LogP contribution in [0.25, 0.3) is 0 Å². The summed E-state index contributed by atoms with van der Waals surface area (Å²) >= 11 is 0. The van der Waals surface area contributed by atoms with E-state index in [4.69, 9.17) is 0 Å². The maximum Gasteiger partial charge on any atom is 0.193 e. The fourth-order valence-corrected chi connectivity index (χ4v) is 3.59. The van der Waals surface area contributed by atoms with Crippen LogP contribution in [-0.4, -0.2) is 37.5 Å². The highest BCUT2D eigenvalue weighted by Crippen LogP contribution is 2.39. The molecule has 2 aliphatic rings. The summed E-state index contributed by atoms with van der Waals surface area (Å²) in [6.07, 6.45) is 5.99. The Hall–Kier alpha value is -1.58. The molecule has 4 heteroatoms. The van der Waals surface area contributed by atoms with Crippen LogP contribution in [-0.2, 0) is 5.41 Å². The van der Waals surface area contributed by atoms with Crippen molar-refractivity contribution >= 4 is 5.96 Å². The topological polar surface area (TPSA) is 27.6 Å². The largest absolute Gasteiger partial charge is 0.355 e. The average Bonchev–Trinajstić information content (AvgIpc) is 2.91.